The van der Waals surface area contributed by atoms with Gasteiger partial charge in [-0.05, 0) is 75.1 Å². The van der Waals surface area contributed by atoms with Crippen molar-refractivity contribution in [1.82, 2.24) is 0 Å². The Balaban J connectivity index is 1.84. The van der Waals surface area contributed by atoms with E-state index in [9.17, 15) is 10.1 Å². The van der Waals surface area contributed by atoms with E-state index < -0.39 is 12.2 Å². The van der Waals surface area contributed by atoms with Gasteiger partial charge in [-0.1, -0.05) is 23.7 Å². The van der Waals surface area contributed by atoms with Crippen molar-refractivity contribution in [3.8, 4) is 6.07 Å². The standard InChI is InChI=1S/C24H28ClN3O2/c1-4-27(5-2)21-12-13-22(17(3)16-21)28(20-10-11-20)24(29)30-23(14-15-26)18-6-8-19(25)9-7-18/h6-9,12-13,16,20,23H,4-5,10-11,14H2,1-3H3. The third-order valence-electron chi connectivity index (χ3n) is 5.44. The van der Waals surface area contributed by atoms with Crippen LogP contribution >= 0.6 is 11.6 Å². The van der Waals surface area contributed by atoms with Crippen molar-refractivity contribution in [2.75, 3.05) is 22.9 Å². The lowest BCUT2D eigenvalue weighted by Gasteiger charge is -2.28. The lowest BCUT2D eigenvalue weighted by Crippen LogP contribution is -2.35. The van der Waals surface area contributed by atoms with Crippen LogP contribution in [0.3, 0.4) is 0 Å². The molecule has 2 aromatic rings. The summed E-state index contributed by atoms with van der Waals surface area (Å²) in [6, 6.07) is 15.5. The topological polar surface area (TPSA) is 56.6 Å². The molecule has 1 fully saturated rings. The van der Waals surface area contributed by atoms with E-state index in [0.717, 1.165) is 48.4 Å². The van der Waals surface area contributed by atoms with Crippen LogP contribution in [0.25, 0.3) is 0 Å². The van der Waals surface area contributed by atoms with Crippen molar-refractivity contribution in [3.05, 3.63) is 58.6 Å². The predicted molar refractivity (Wildman–Crippen MR) is 121 cm³/mol. The van der Waals surface area contributed by atoms with Gasteiger partial charge in [0.15, 0.2) is 0 Å². The van der Waals surface area contributed by atoms with Crippen molar-refractivity contribution in [2.24, 2.45) is 0 Å². The van der Waals surface area contributed by atoms with Gasteiger partial charge in [-0.3, -0.25) is 4.90 Å². The molecule has 1 saturated carbocycles. The van der Waals surface area contributed by atoms with Crippen molar-refractivity contribution in [2.45, 2.75) is 52.2 Å². The Hall–Kier alpha value is -2.71. The van der Waals surface area contributed by atoms with E-state index in [0.29, 0.717) is 5.02 Å². The Labute approximate surface area is 183 Å². The number of carbonyl (C=O) groups is 1. The minimum absolute atomic E-state index is 0.0890. The molecule has 0 spiro atoms. The molecule has 30 heavy (non-hydrogen) atoms. The van der Waals surface area contributed by atoms with E-state index in [2.05, 4.69) is 36.9 Å². The Morgan fingerprint density at radius 2 is 1.87 bits per heavy atom. The van der Waals surface area contributed by atoms with Crippen molar-refractivity contribution in [3.63, 3.8) is 0 Å². The van der Waals surface area contributed by atoms with Crippen molar-refractivity contribution in [1.29, 1.82) is 5.26 Å². The number of carbonyl (C=O) groups excluding carboxylic acids is 1. The summed E-state index contributed by atoms with van der Waals surface area (Å²) in [6.45, 7) is 8.15. The van der Waals surface area contributed by atoms with E-state index in [-0.39, 0.29) is 12.5 Å². The molecule has 6 heteroatoms. The second-order valence-electron chi connectivity index (χ2n) is 7.53. The molecule has 1 atom stereocenters. The zero-order valence-corrected chi connectivity index (χ0v) is 18.5. The number of hydrogen-bond donors (Lipinski definition) is 0. The van der Waals surface area contributed by atoms with Gasteiger partial charge in [0.2, 0.25) is 0 Å². The Morgan fingerprint density at radius 1 is 1.20 bits per heavy atom. The minimum Gasteiger partial charge on any atom is -0.440 e. The van der Waals surface area contributed by atoms with Gasteiger partial charge >= 0.3 is 6.09 Å². The first-order chi connectivity index (χ1) is 14.5. The van der Waals surface area contributed by atoms with Gasteiger partial charge in [-0.2, -0.15) is 5.26 Å². The largest absolute Gasteiger partial charge is 0.440 e. The SMILES string of the molecule is CCN(CC)c1ccc(N(C(=O)OC(CC#N)c2ccc(Cl)cc2)C2CC2)c(C)c1. The zero-order chi connectivity index (χ0) is 21.7. The summed E-state index contributed by atoms with van der Waals surface area (Å²) >= 11 is 5.97. The average molecular weight is 426 g/mol. The minimum atomic E-state index is -0.628. The maximum Gasteiger partial charge on any atom is 0.415 e. The molecule has 0 aromatic heterocycles. The molecule has 1 unspecified atom stereocenters. The highest BCUT2D eigenvalue weighted by Gasteiger charge is 2.36. The number of ether oxygens (including phenoxy) is 1. The van der Waals surface area contributed by atoms with Crippen LogP contribution in [0.15, 0.2) is 42.5 Å². The number of hydrogen-bond acceptors (Lipinski definition) is 4. The first-order valence-corrected chi connectivity index (χ1v) is 10.8. The summed E-state index contributed by atoms with van der Waals surface area (Å²) in [5.41, 5.74) is 3.81. The molecule has 0 bridgehead atoms. The van der Waals surface area contributed by atoms with E-state index >= 15 is 0 Å². The molecule has 5 nitrogen and oxygen atoms in total. The fourth-order valence-corrected chi connectivity index (χ4v) is 3.76. The van der Waals surface area contributed by atoms with E-state index in [4.69, 9.17) is 16.3 Å². The van der Waals surface area contributed by atoms with Gasteiger partial charge in [0.1, 0.15) is 6.10 Å². The van der Waals surface area contributed by atoms with Crippen molar-refractivity contribution < 1.29 is 9.53 Å². The van der Waals surface area contributed by atoms with Crippen LogP contribution < -0.4 is 9.80 Å². The van der Waals surface area contributed by atoms with Crippen LogP contribution in [0.5, 0.6) is 0 Å². The molecule has 3 rings (SSSR count). The van der Waals surface area contributed by atoms with Crippen LogP contribution in [0.2, 0.25) is 5.02 Å². The first kappa shape index (κ1) is 22.0. The molecule has 1 aliphatic carbocycles. The number of nitriles is 1. The summed E-state index contributed by atoms with van der Waals surface area (Å²) in [5, 5.41) is 9.83. The molecule has 0 radical (unpaired) electrons. The summed E-state index contributed by atoms with van der Waals surface area (Å²) in [4.78, 5) is 17.2. The van der Waals surface area contributed by atoms with Gasteiger partial charge < -0.3 is 9.64 Å². The summed E-state index contributed by atoms with van der Waals surface area (Å²) in [7, 11) is 0. The number of aryl methyl sites for hydroxylation is 1. The summed E-state index contributed by atoms with van der Waals surface area (Å²) < 4.78 is 5.82. The van der Waals surface area contributed by atoms with Gasteiger partial charge in [-0.25, -0.2) is 4.79 Å². The first-order valence-electron chi connectivity index (χ1n) is 10.5. The van der Waals surface area contributed by atoms with Crippen LogP contribution in [0, 0.1) is 18.3 Å². The van der Waals surface area contributed by atoms with Crippen LogP contribution in [-0.4, -0.2) is 25.2 Å². The Kier molecular flexibility index (Phi) is 7.23. The quantitative estimate of drug-likeness (QED) is 0.501. The third kappa shape index (κ3) is 5.06. The van der Waals surface area contributed by atoms with Crippen LogP contribution in [-0.2, 0) is 4.74 Å². The highest BCUT2D eigenvalue weighted by molar-refractivity contribution is 6.30. The highest BCUT2D eigenvalue weighted by Crippen LogP contribution is 2.37. The molecule has 0 heterocycles. The average Bonchev–Trinajstić information content (AvgIpc) is 3.56. The molecule has 158 valence electrons. The van der Waals surface area contributed by atoms with E-state index in [1.165, 1.54) is 0 Å². The monoisotopic (exact) mass is 425 g/mol. The fourth-order valence-electron chi connectivity index (χ4n) is 3.64. The second kappa shape index (κ2) is 9.86. The van der Waals surface area contributed by atoms with Gasteiger partial charge in [0, 0.05) is 29.8 Å². The molecule has 2 aromatic carbocycles. The number of amides is 1. The summed E-state index contributed by atoms with van der Waals surface area (Å²) in [6.07, 6.45) is 0.959. The Bertz CT molecular complexity index is 915. The molecular formula is C24H28ClN3O2. The van der Waals surface area contributed by atoms with Crippen LogP contribution in [0.4, 0.5) is 16.2 Å². The molecule has 0 saturated heterocycles. The summed E-state index contributed by atoms with van der Waals surface area (Å²) in [5.74, 6) is 0. The maximum absolute atomic E-state index is 13.2. The molecule has 1 amide bonds. The van der Waals surface area contributed by atoms with E-state index in [1.807, 2.05) is 13.0 Å². The number of nitrogens with zero attached hydrogens (tertiary/aromatic N) is 3. The van der Waals surface area contributed by atoms with E-state index in [1.54, 1.807) is 29.2 Å². The zero-order valence-electron chi connectivity index (χ0n) is 17.8. The molecule has 0 aliphatic heterocycles. The van der Waals surface area contributed by atoms with Gasteiger partial charge in [0.25, 0.3) is 0 Å². The van der Waals surface area contributed by atoms with Crippen LogP contribution in [0.1, 0.15) is 50.3 Å². The predicted octanol–water partition coefficient (Wildman–Crippen LogP) is 6.26. The molecular weight excluding hydrogens is 398 g/mol. The van der Waals surface area contributed by atoms with Gasteiger partial charge in [-0.15, -0.1) is 0 Å². The number of rotatable bonds is 8. The normalized spacial score (nSPS) is 14.0. The number of benzene rings is 2. The van der Waals surface area contributed by atoms with Crippen molar-refractivity contribution >= 4 is 29.1 Å². The smallest absolute Gasteiger partial charge is 0.415 e. The maximum atomic E-state index is 13.2. The third-order valence-corrected chi connectivity index (χ3v) is 5.69. The fraction of sp³-hybridized carbons (Fsp3) is 0.417. The lowest BCUT2D eigenvalue weighted by atomic mass is 10.1. The second-order valence-corrected chi connectivity index (χ2v) is 7.97. The lowest BCUT2D eigenvalue weighted by molar-refractivity contribution is 0.106. The molecule has 1 aliphatic rings. The van der Waals surface area contributed by atoms with Gasteiger partial charge in [0.05, 0.1) is 18.2 Å². The molecule has 0 N–H and O–H groups in total. The number of anilines is 2. The number of halogens is 1. The Morgan fingerprint density at radius 3 is 2.40 bits per heavy atom. The highest BCUT2D eigenvalue weighted by atomic mass is 35.5.